The normalized spacial score (nSPS) is 19.0. The van der Waals surface area contributed by atoms with Crippen LogP contribution in [0.1, 0.15) is 50.1 Å². The molecule has 134 valence electrons. The first kappa shape index (κ1) is 18.9. The second-order valence-corrected chi connectivity index (χ2v) is 7.72. The number of fused-ring (bicyclic) bond motifs is 1. The average molecular weight is 353 g/mol. The van der Waals surface area contributed by atoms with E-state index in [-0.39, 0.29) is 17.9 Å². The number of carbonyl (C=O) groups is 2. The maximum atomic E-state index is 12.5. The van der Waals surface area contributed by atoms with Gasteiger partial charge in [0.25, 0.3) is 0 Å². The van der Waals surface area contributed by atoms with Crippen molar-refractivity contribution in [1.82, 2.24) is 10.2 Å². The highest BCUT2D eigenvalue weighted by Gasteiger charge is 2.29. The second-order valence-electron chi connectivity index (χ2n) is 6.72. The van der Waals surface area contributed by atoms with Crippen molar-refractivity contribution in [3.05, 3.63) is 21.9 Å². The van der Waals surface area contributed by atoms with E-state index in [2.05, 4.69) is 28.6 Å². The molecule has 1 aliphatic rings. The Balaban J connectivity index is 1.99. The average Bonchev–Trinajstić information content (AvgIpc) is 3.01. The van der Waals surface area contributed by atoms with Gasteiger partial charge in [0, 0.05) is 17.5 Å². The van der Waals surface area contributed by atoms with Crippen LogP contribution in [0.3, 0.4) is 0 Å². The molecular formula is C18H28N2O3S. The third kappa shape index (κ3) is 4.57. The molecule has 1 aliphatic heterocycles. The number of thiophene rings is 1. The third-order valence-electron chi connectivity index (χ3n) is 4.47. The van der Waals surface area contributed by atoms with Crippen LogP contribution in [0.4, 0.5) is 0 Å². The maximum Gasteiger partial charge on any atom is 0.328 e. The van der Waals surface area contributed by atoms with Crippen LogP contribution in [0.2, 0.25) is 0 Å². The number of nitrogens with zero attached hydrogens (tertiary/aromatic N) is 1. The van der Waals surface area contributed by atoms with Gasteiger partial charge in [-0.3, -0.25) is 9.69 Å². The summed E-state index contributed by atoms with van der Waals surface area (Å²) in [6.45, 7) is 7.40. The van der Waals surface area contributed by atoms with Crippen LogP contribution < -0.4 is 5.32 Å². The molecule has 2 rings (SSSR count). The Labute approximate surface area is 148 Å². The summed E-state index contributed by atoms with van der Waals surface area (Å²) in [6, 6.07) is 1.89. The van der Waals surface area contributed by atoms with Crippen molar-refractivity contribution in [2.45, 2.75) is 52.1 Å². The Morgan fingerprint density at radius 2 is 2.21 bits per heavy atom. The quantitative estimate of drug-likeness (QED) is 0.767. The first-order valence-electron chi connectivity index (χ1n) is 8.63. The summed E-state index contributed by atoms with van der Waals surface area (Å²) >= 11 is 1.80. The number of esters is 1. The lowest BCUT2D eigenvalue weighted by Gasteiger charge is -2.35. The van der Waals surface area contributed by atoms with Crippen molar-refractivity contribution >= 4 is 23.2 Å². The Kier molecular flexibility index (Phi) is 6.80. The highest BCUT2D eigenvalue weighted by atomic mass is 32.1. The van der Waals surface area contributed by atoms with E-state index in [0.29, 0.717) is 18.9 Å². The van der Waals surface area contributed by atoms with Gasteiger partial charge in [0.2, 0.25) is 5.91 Å². The van der Waals surface area contributed by atoms with Gasteiger partial charge in [-0.05, 0) is 42.2 Å². The van der Waals surface area contributed by atoms with Gasteiger partial charge in [-0.15, -0.1) is 11.3 Å². The van der Waals surface area contributed by atoms with Crippen LogP contribution in [0.5, 0.6) is 0 Å². The topological polar surface area (TPSA) is 58.6 Å². The SMILES string of the molecule is CCC1c2ccsc2CCN1CC(=O)NC(CC(C)C)C(=O)OC. The number of hydrogen-bond donors (Lipinski definition) is 1. The summed E-state index contributed by atoms with van der Waals surface area (Å²) in [6.07, 6.45) is 2.55. The maximum absolute atomic E-state index is 12.5. The lowest BCUT2D eigenvalue weighted by atomic mass is 9.98. The van der Waals surface area contributed by atoms with Crippen LogP contribution in [-0.2, 0) is 20.7 Å². The Morgan fingerprint density at radius 3 is 2.83 bits per heavy atom. The van der Waals surface area contributed by atoms with Crippen LogP contribution >= 0.6 is 11.3 Å². The molecule has 0 saturated carbocycles. The molecule has 1 N–H and O–H groups in total. The fourth-order valence-electron chi connectivity index (χ4n) is 3.37. The fraction of sp³-hybridized carbons (Fsp3) is 0.667. The smallest absolute Gasteiger partial charge is 0.328 e. The molecule has 1 aromatic rings. The van der Waals surface area contributed by atoms with Gasteiger partial charge in [-0.25, -0.2) is 4.79 Å². The van der Waals surface area contributed by atoms with Crippen LogP contribution in [0.15, 0.2) is 11.4 Å². The molecule has 0 bridgehead atoms. The monoisotopic (exact) mass is 352 g/mol. The Bertz CT molecular complexity index is 570. The standard InChI is InChI=1S/C18H28N2O3S/c1-5-15-13-7-9-24-16(13)6-8-20(15)11-17(21)19-14(10-12(2)3)18(22)23-4/h7,9,12,14-15H,5-6,8,10-11H2,1-4H3,(H,19,21). The van der Waals surface area contributed by atoms with Crippen molar-refractivity contribution in [2.24, 2.45) is 5.92 Å². The fourth-order valence-corrected chi connectivity index (χ4v) is 4.30. The molecule has 0 aliphatic carbocycles. The summed E-state index contributed by atoms with van der Waals surface area (Å²) in [4.78, 5) is 28.0. The van der Waals surface area contributed by atoms with E-state index in [1.54, 1.807) is 11.3 Å². The number of ether oxygens (including phenoxy) is 1. The van der Waals surface area contributed by atoms with Gasteiger partial charge < -0.3 is 10.1 Å². The van der Waals surface area contributed by atoms with E-state index in [1.807, 2.05) is 13.8 Å². The van der Waals surface area contributed by atoms with E-state index in [1.165, 1.54) is 17.6 Å². The van der Waals surface area contributed by atoms with Crippen molar-refractivity contribution in [3.8, 4) is 0 Å². The van der Waals surface area contributed by atoms with Gasteiger partial charge in [-0.1, -0.05) is 20.8 Å². The zero-order valence-electron chi connectivity index (χ0n) is 15.0. The van der Waals surface area contributed by atoms with Crippen LogP contribution in [-0.4, -0.2) is 43.0 Å². The van der Waals surface area contributed by atoms with Crippen LogP contribution in [0, 0.1) is 5.92 Å². The third-order valence-corrected chi connectivity index (χ3v) is 5.46. The summed E-state index contributed by atoms with van der Waals surface area (Å²) in [5.74, 6) is -0.174. The first-order valence-corrected chi connectivity index (χ1v) is 9.51. The lowest BCUT2D eigenvalue weighted by molar-refractivity contribution is -0.145. The molecule has 1 aromatic heterocycles. The molecule has 2 heterocycles. The minimum atomic E-state index is -0.566. The number of amides is 1. The number of rotatable bonds is 7. The van der Waals surface area contributed by atoms with Crippen molar-refractivity contribution in [3.63, 3.8) is 0 Å². The molecule has 0 radical (unpaired) electrons. The van der Waals surface area contributed by atoms with Crippen LogP contribution in [0.25, 0.3) is 0 Å². The van der Waals surface area contributed by atoms with Gasteiger partial charge in [0.15, 0.2) is 0 Å². The van der Waals surface area contributed by atoms with E-state index in [0.717, 1.165) is 19.4 Å². The van der Waals surface area contributed by atoms with Crippen molar-refractivity contribution in [2.75, 3.05) is 20.2 Å². The van der Waals surface area contributed by atoms with Gasteiger partial charge in [-0.2, -0.15) is 0 Å². The molecule has 0 aromatic carbocycles. The van der Waals surface area contributed by atoms with Gasteiger partial charge in [0.1, 0.15) is 6.04 Å². The van der Waals surface area contributed by atoms with E-state index >= 15 is 0 Å². The molecular weight excluding hydrogens is 324 g/mol. The largest absolute Gasteiger partial charge is 0.467 e. The number of hydrogen-bond acceptors (Lipinski definition) is 5. The Hall–Kier alpha value is -1.40. The number of nitrogens with one attached hydrogen (secondary N) is 1. The predicted molar refractivity (Wildman–Crippen MR) is 96.0 cm³/mol. The zero-order chi connectivity index (χ0) is 17.7. The number of methoxy groups -OCH3 is 1. The van der Waals surface area contributed by atoms with E-state index in [9.17, 15) is 9.59 Å². The van der Waals surface area contributed by atoms with E-state index < -0.39 is 6.04 Å². The first-order chi connectivity index (χ1) is 11.5. The molecule has 0 saturated heterocycles. The minimum absolute atomic E-state index is 0.108. The molecule has 0 spiro atoms. The van der Waals surface area contributed by atoms with Crippen molar-refractivity contribution in [1.29, 1.82) is 0 Å². The molecule has 5 nitrogen and oxygen atoms in total. The Morgan fingerprint density at radius 1 is 1.46 bits per heavy atom. The highest BCUT2D eigenvalue weighted by molar-refractivity contribution is 7.10. The second kappa shape index (κ2) is 8.62. The van der Waals surface area contributed by atoms with E-state index in [4.69, 9.17) is 4.74 Å². The van der Waals surface area contributed by atoms with Crippen molar-refractivity contribution < 1.29 is 14.3 Å². The summed E-state index contributed by atoms with van der Waals surface area (Å²) < 4.78 is 4.82. The molecule has 24 heavy (non-hydrogen) atoms. The lowest BCUT2D eigenvalue weighted by Crippen LogP contribution is -2.48. The molecule has 1 amide bonds. The summed E-state index contributed by atoms with van der Waals surface area (Å²) in [7, 11) is 1.36. The molecule has 2 unspecified atom stereocenters. The molecule has 0 fully saturated rings. The van der Waals surface area contributed by atoms with Gasteiger partial charge in [0.05, 0.1) is 13.7 Å². The van der Waals surface area contributed by atoms with Gasteiger partial charge >= 0.3 is 5.97 Å². The molecule has 2 atom stereocenters. The molecule has 6 heteroatoms. The predicted octanol–water partition coefficient (Wildman–Crippen LogP) is 2.76. The number of carbonyl (C=O) groups excluding carboxylic acids is 2. The zero-order valence-corrected chi connectivity index (χ0v) is 15.8. The summed E-state index contributed by atoms with van der Waals surface area (Å²) in [5, 5.41) is 4.99. The highest BCUT2D eigenvalue weighted by Crippen LogP contribution is 2.34. The minimum Gasteiger partial charge on any atom is -0.467 e. The summed E-state index contributed by atoms with van der Waals surface area (Å²) in [5.41, 5.74) is 1.35.